The number of nitrogens with one attached hydrogen (secondary N) is 1. The minimum absolute atomic E-state index is 0.257. The first-order chi connectivity index (χ1) is 9.52. The van der Waals surface area contributed by atoms with Crippen molar-refractivity contribution in [2.45, 2.75) is 46.7 Å². The summed E-state index contributed by atoms with van der Waals surface area (Å²) < 4.78 is 13.5. The van der Waals surface area contributed by atoms with Gasteiger partial charge in [-0.15, -0.1) is 0 Å². The zero-order valence-electron chi connectivity index (χ0n) is 13.0. The van der Waals surface area contributed by atoms with Gasteiger partial charge in [-0.1, -0.05) is 20.8 Å². The summed E-state index contributed by atoms with van der Waals surface area (Å²) in [7, 11) is 0. The molecule has 0 amide bonds. The SMILES string of the molecule is CCNCc1cc(F)cnc1N1CC(C)CC(C)C1C. The number of halogens is 1. The first-order valence-electron chi connectivity index (χ1n) is 7.64. The number of nitrogens with zero attached hydrogens (tertiary/aromatic N) is 2. The zero-order valence-corrected chi connectivity index (χ0v) is 13.0. The lowest BCUT2D eigenvalue weighted by Gasteiger charge is -2.42. The van der Waals surface area contributed by atoms with Crippen molar-refractivity contribution in [2.24, 2.45) is 11.8 Å². The molecule has 1 aromatic rings. The highest BCUT2D eigenvalue weighted by Gasteiger charge is 2.30. The molecule has 0 aromatic carbocycles. The summed E-state index contributed by atoms with van der Waals surface area (Å²) in [4.78, 5) is 6.74. The second kappa shape index (κ2) is 6.53. The van der Waals surface area contributed by atoms with Gasteiger partial charge in [0.1, 0.15) is 11.6 Å². The molecule has 112 valence electrons. The topological polar surface area (TPSA) is 28.2 Å². The Hall–Kier alpha value is -1.16. The molecule has 20 heavy (non-hydrogen) atoms. The van der Waals surface area contributed by atoms with E-state index in [0.29, 0.717) is 24.4 Å². The van der Waals surface area contributed by atoms with Crippen LogP contribution in [0.15, 0.2) is 12.3 Å². The first kappa shape index (κ1) is 15.2. The minimum atomic E-state index is -0.257. The largest absolute Gasteiger partial charge is 0.353 e. The van der Waals surface area contributed by atoms with Crippen LogP contribution >= 0.6 is 0 Å². The van der Waals surface area contributed by atoms with E-state index in [1.54, 1.807) is 6.07 Å². The van der Waals surface area contributed by atoms with Crippen LogP contribution in [0.25, 0.3) is 0 Å². The van der Waals surface area contributed by atoms with Crippen LogP contribution in [-0.2, 0) is 6.54 Å². The second-order valence-corrected chi connectivity index (χ2v) is 6.13. The van der Waals surface area contributed by atoms with Crippen LogP contribution < -0.4 is 10.2 Å². The predicted octanol–water partition coefficient (Wildman–Crippen LogP) is 3.20. The number of rotatable bonds is 4. The molecule has 1 aliphatic heterocycles. The lowest BCUT2D eigenvalue weighted by molar-refractivity contribution is 0.295. The van der Waals surface area contributed by atoms with Crippen molar-refractivity contribution >= 4 is 5.82 Å². The van der Waals surface area contributed by atoms with Crippen molar-refractivity contribution < 1.29 is 4.39 Å². The van der Waals surface area contributed by atoms with E-state index in [1.807, 2.05) is 0 Å². The third kappa shape index (κ3) is 3.29. The summed E-state index contributed by atoms with van der Waals surface area (Å²) in [5.74, 6) is 1.98. The third-order valence-electron chi connectivity index (χ3n) is 4.34. The van der Waals surface area contributed by atoms with Crippen LogP contribution in [0.4, 0.5) is 10.2 Å². The Morgan fingerprint density at radius 3 is 2.85 bits per heavy atom. The highest BCUT2D eigenvalue weighted by Crippen LogP contribution is 2.32. The molecular weight excluding hydrogens is 253 g/mol. The predicted molar refractivity (Wildman–Crippen MR) is 81.3 cm³/mol. The molecule has 3 atom stereocenters. The Morgan fingerprint density at radius 1 is 1.40 bits per heavy atom. The van der Waals surface area contributed by atoms with E-state index in [1.165, 1.54) is 12.6 Å². The Morgan fingerprint density at radius 2 is 2.15 bits per heavy atom. The lowest BCUT2D eigenvalue weighted by atomic mass is 9.86. The molecule has 1 aliphatic rings. The fraction of sp³-hybridized carbons (Fsp3) is 0.688. The fourth-order valence-electron chi connectivity index (χ4n) is 3.12. The van der Waals surface area contributed by atoms with Crippen molar-refractivity contribution in [3.63, 3.8) is 0 Å². The molecule has 4 heteroatoms. The molecule has 0 aliphatic carbocycles. The number of piperidine rings is 1. The van der Waals surface area contributed by atoms with Gasteiger partial charge in [-0.3, -0.25) is 0 Å². The van der Waals surface area contributed by atoms with E-state index < -0.39 is 0 Å². The molecule has 2 heterocycles. The molecule has 2 rings (SSSR count). The summed E-state index contributed by atoms with van der Waals surface area (Å²) in [6.07, 6.45) is 2.59. The van der Waals surface area contributed by atoms with Crippen LogP contribution in [0.3, 0.4) is 0 Å². The molecular formula is C16H26FN3. The van der Waals surface area contributed by atoms with Gasteiger partial charge in [-0.2, -0.15) is 0 Å². The van der Waals surface area contributed by atoms with Gasteiger partial charge in [0.05, 0.1) is 6.20 Å². The molecule has 0 saturated carbocycles. The maximum atomic E-state index is 13.5. The van der Waals surface area contributed by atoms with E-state index in [-0.39, 0.29) is 5.82 Å². The van der Waals surface area contributed by atoms with Crippen LogP contribution in [0, 0.1) is 17.7 Å². The maximum absolute atomic E-state index is 13.5. The molecule has 1 N–H and O–H groups in total. The molecule has 0 spiro atoms. The maximum Gasteiger partial charge on any atom is 0.141 e. The van der Waals surface area contributed by atoms with E-state index in [4.69, 9.17) is 0 Å². The quantitative estimate of drug-likeness (QED) is 0.917. The summed E-state index contributed by atoms with van der Waals surface area (Å²) in [6.45, 7) is 11.4. The van der Waals surface area contributed by atoms with Gasteiger partial charge in [0.25, 0.3) is 0 Å². The lowest BCUT2D eigenvalue weighted by Crippen LogP contribution is -2.46. The zero-order chi connectivity index (χ0) is 14.7. The normalized spacial score (nSPS) is 26.9. The Kier molecular flexibility index (Phi) is 4.97. The summed E-state index contributed by atoms with van der Waals surface area (Å²) in [6, 6.07) is 2.06. The third-order valence-corrected chi connectivity index (χ3v) is 4.34. The Bertz CT molecular complexity index is 449. The fourth-order valence-corrected chi connectivity index (χ4v) is 3.12. The number of pyridine rings is 1. The van der Waals surface area contributed by atoms with Crippen molar-refractivity contribution in [3.05, 3.63) is 23.6 Å². The van der Waals surface area contributed by atoms with Crippen LogP contribution in [0.2, 0.25) is 0 Å². The van der Waals surface area contributed by atoms with Crippen molar-refractivity contribution in [1.82, 2.24) is 10.3 Å². The van der Waals surface area contributed by atoms with Crippen LogP contribution in [-0.4, -0.2) is 24.1 Å². The molecule has 0 bridgehead atoms. The average Bonchev–Trinajstić information content (AvgIpc) is 2.41. The highest BCUT2D eigenvalue weighted by molar-refractivity contribution is 5.48. The van der Waals surface area contributed by atoms with Crippen molar-refractivity contribution in [2.75, 3.05) is 18.0 Å². The van der Waals surface area contributed by atoms with E-state index in [9.17, 15) is 4.39 Å². The molecule has 3 unspecified atom stereocenters. The molecule has 1 saturated heterocycles. The van der Waals surface area contributed by atoms with E-state index in [2.05, 4.69) is 42.9 Å². The van der Waals surface area contributed by atoms with Gasteiger partial charge in [0.2, 0.25) is 0 Å². The molecule has 1 fully saturated rings. The summed E-state index contributed by atoms with van der Waals surface area (Å²) >= 11 is 0. The highest BCUT2D eigenvalue weighted by atomic mass is 19.1. The van der Waals surface area contributed by atoms with Crippen molar-refractivity contribution in [1.29, 1.82) is 0 Å². The standard InChI is InChI=1S/C16H26FN3/c1-5-18-8-14-7-15(17)9-19-16(14)20-10-11(2)6-12(3)13(20)4/h7,9,11-13,18H,5-6,8,10H2,1-4H3. The molecule has 1 aromatic heterocycles. The summed E-state index contributed by atoms with van der Waals surface area (Å²) in [5, 5.41) is 3.28. The van der Waals surface area contributed by atoms with Gasteiger partial charge in [0.15, 0.2) is 0 Å². The Labute approximate surface area is 121 Å². The number of aromatic nitrogens is 1. The van der Waals surface area contributed by atoms with Gasteiger partial charge in [-0.25, -0.2) is 9.37 Å². The first-order valence-corrected chi connectivity index (χ1v) is 7.64. The number of hydrogen-bond donors (Lipinski definition) is 1. The van der Waals surface area contributed by atoms with Gasteiger partial charge in [0, 0.05) is 24.7 Å². The van der Waals surface area contributed by atoms with Gasteiger partial charge < -0.3 is 10.2 Å². The van der Waals surface area contributed by atoms with Gasteiger partial charge in [-0.05, 0) is 37.8 Å². The summed E-state index contributed by atoms with van der Waals surface area (Å²) in [5.41, 5.74) is 0.958. The van der Waals surface area contributed by atoms with Gasteiger partial charge >= 0.3 is 0 Å². The molecule has 0 radical (unpaired) electrons. The average molecular weight is 279 g/mol. The van der Waals surface area contributed by atoms with Crippen LogP contribution in [0.5, 0.6) is 0 Å². The molecule has 3 nitrogen and oxygen atoms in total. The minimum Gasteiger partial charge on any atom is -0.353 e. The second-order valence-electron chi connectivity index (χ2n) is 6.13. The number of hydrogen-bond acceptors (Lipinski definition) is 3. The van der Waals surface area contributed by atoms with Crippen molar-refractivity contribution in [3.8, 4) is 0 Å². The number of anilines is 1. The monoisotopic (exact) mass is 279 g/mol. The van der Waals surface area contributed by atoms with Crippen LogP contribution in [0.1, 0.15) is 39.7 Å². The smallest absolute Gasteiger partial charge is 0.141 e. The van der Waals surface area contributed by atoms with E-state index >= 15 is 0 Å². The van der Waals surface area contributed by atoms with E-state index in [0.717, 1.165) is 24.5 Å². The Balaban J connectivity index is 2.30.